The Balaban J connectivity index is 1.81. The highest BCUT2D eigenvalue weighted by molar-refractivity contribution is 7.96. The van der Waals surface area contributed by atoms with Gasteiger partial charge in [0, 0.05) is 6.54 Å². The molecule has 1 amide bonds. The Hall–Kier alpha value is -2.33. The van der Waals surface area contributed by atoms with E-state index in [9.17, 15) is 30.4 Å². The molecule has 6 nitrogen and oxygen atoms in total. The van der Waals surface area contributed by atoms with Gasteiger partial charge in [-0.2, -0.15) is 0 Å². The highest BCUT2D eigenvalue weighted by atomic mass is 32.2. The van der Waals surface area contributed by atoms with Crippen molar-refractivity contribution >= 4 is 25.6 Å². The second-order valence-electron chi connectivity index (χ2n) is 6.52. The fourth-order valence-corrected chi connectivity index (χ4v) is 7.32. The van der Waals surface area contributed by atoms with Crippen molar-refractivity contribution in [3.05, 3.63) is 65.2 Å². The summed E-state index contributed by atoms with van der Waals surface area (Å²) in [6, 6.07) is 8.13. The van der Waals surface area contributed by atoms with E-state index in [4.69, 9.17) is 0 Å². The molecule has 1 heterocycles. The minimum atomic E-state index is -4.02. The summed E-state index contributed by atoms with van der Waals surface area (Å²) in [4.78, 5) is 12.0. The van der Waals surface area contributed by atoms with Gasteiger partial charge in [-0.15, -0.1) is 0 Å². The summed E-state index contributed by atoms with van der Waals surface area (Å²) in [5.41, 5.74) is 0.110. The molecule has 3 rings (SSSR count). The molecule has 0 radical (unpaired) electrons. The van der Waals surface area contributed by atoms with Crippen LogP contribution in [0.2, 0.25) is 0 Å². The summed E-state index contributed by atoms with van der Waals surface area (Å²) < 4.78 is 75.5. The van der Waals surface area contributed by atoms with Gasteiger partial charge >= 0.3 is 0 Å². The fraction of sp³-hybridized carbons (Fsp3) is 0.278. The lowest BCUT2D eigenvalue weighted by molar-refractivity contribution is 0.0946. The van der Waals surface area contributed by atoms with Crippen LogP contribution in [0.3, 0.4) is 0 Å². The molecule has 0 spiro atoms. The van der Waals surface area contributed by atoms with E-state index in [1.54, 1.807) is 0 Å². The largest absolute Gasteiger partial charge is 0.348 e. The number of carbonyl (C=O) groups is 1. The zero-order valence-electron chi connectivity index (χ0n) is 14.6. The number of rotatable bonds is 5. The predicted molar refractivity (Wildman–Crippen MR) is 98.2 cm³/mol. The smallest absolute Gasteiger partial charge is 0.254 e. The fourth-order valence-electron chi connectivity index (χ4n) is 2.93. The lowest BCUT2D eigenvalue weighted by Crippen LogP contribution is -2.26. The van der Waals surface area contributed by atoms with Gasteiger partial charge in [0.1, 0.15) is 11.6 Å². The zero-order valence-corrected chi connectivity index (χ0v) is 16.2. The molecule has 0 bridgehead atoms. The van der Waals surface area contributed by atoms with Crippen molar-refractivity contribution in [1.82, 2.24) is 5.32 Å². The summed E-state index contributed by atoms with van der Waals surface area (Å²) in [7, 11) is -7.44. The van der Waals surface area contributed by atoms with E-state index in [0.717, 1.165) is 18.2 Å². The van der Waals surface area contributed by atoms with Gasteiger partial charge in [-0.25, -0.2) is 25.6 Å². The van der Waals surface area contributed by atoms with Crippen molar-refractivity contribution in [2.75, 3.05) is 11.5 Å². The van der Waals surface area contributed by atoms with Crippen LogP contribution in [-0.4, -0.2) is 39.5 Å². The number of sulfone groups is 2. The number of hydrogen-bond donors (Lipinski definition) is 1. The Bertz CT molecular complexity index is 1110. The van der Waals surface area contributed by atoms with Gasteiger partial charge in [0.15, 0.2) is 19.7 Å². The minimum absolute atomic E-state index is 0.00357. The van der Waals surface area contributed by atoms with Crippen molar-refractivity contribution in [3.8, 4) is 0 Å². The van der Waals surface area contributed by atoms with E-state index in [2.05, 4.69) is 5.32 Å². The Morgan fingerprint density at radius 2 is 1.79 bits per heavy atom. The third-order valence-corrected chi connectivity index (χ3v) is 8.68. The van der Waals surface area contributed by atoms with Crippen LogP contribution in [0.25, 0.3) is 0 Å². The molecule has 1 fully saturated rings. The molecule has 0 saturated carbocycles. The molecular weight excluding hydrogens is 412 g/mol. The molecule has 10 heteroatoms. The van der Waals surface area contributed by atoms with Gasteiger partial charge in [0.05, 0.1) is 27.2 Å². The standard InChI is InChI=1S/C18H17F2NO5S2/c19-13-3-1-12(2-4-13)10-21-18(22)16-9-14(5-6-17(16)20)28(25,26)15-7-8-27(23,24)11-15/h1-6,9,15H,7-8,10-11H2,(H,21,22)/t15-/m1/s1. The Morgan fingerprint density at radius 1 is 1.11 bits per heavy atom. The third kappa shape index (κ3) is 4.39. The van der Waals surface area contributed by atoms with Crippen LogP contribution in [-0.2, 0) is 26.2 Å². The van der Waals surface area contributed by atoms with Crippen LogP contribution >= 0.6 is 0 Å². The quantitative estimate of drug-likeness (QED) is 0.732. The zero-order chi connectivity index (χ0) is 20.5. The molecule has 28 heavy (non-hydrogen) atoms. The number of carbonyl (C=O) groups excluding carboxylic acids is 1. The Morgan fingerprint density at radius 3 is 2.39 bits per heavy atom. The maximum absolute atomic E-state index is 14.1. The van der Waals surface area contributed by atoms with Crippen molar-refractivity contribution in [3.63, 3.8) is 0 Å². The van der Waals surface area contributed by atoms with E-state index in [1.165, 1.54) is 24.3 Å². The average molecular weight is 429 g/mol. The van der Waals surface area contributed by atoms with E-state index < -0.39 is 53.8 Å². The summed E-state index contributed by atoms with van der Waals surface area (Å²) >= 11 is 0. The first-order chi connectivity index (χ1) is 13.1. The second-order valence-corrected chi connectivity index (χ2v) is 11.0. The Kier molecular flexibility index (Phi) is 5.53. The van der Waals surface area contributed by atoms with E-state index in [0.29, 0.717) is 5.56 Å². The van der Waals surface area contributed by atoms with E-state index in [1.807, 2.05) is 0 Å². The highest BCUT2D eigenvalue weighted by Crippen LogP contribution is 2.26. The molecule has 1 saturated heterocycles. The summed E-state index contributed by atoms with van der Waals surface area (Å²) in [5, 5.41) is 1.33. The molecule has 0 unspecified atom stereocenters. The number of benzene rings is 2. The normalized spacial score (nSPS) is 18.7. The van der Waals surface area contributed by atoms with Crippen molar-refractivity contribution in [2.24, 2.45) is 0 Å². The number of amides is 1. The third-order valence-electron chi connectivity index (χ3n) is 4.51. The highest BCUT2D eigenvalue weighted by Gasteiger charge is 2.38. The van der Waals surface area contributed by atoms with Crippen LogP contribution in [0.5, 0.6) is 0 Å². The maximum atomic E-state index is 14.1. The van der Waals surface area contributed by atoms with Crippen LogP contribution < -0.4 is 5.32 Å². The molecule has 2 aromatic carbocycles. The SMILES string of the molecule is O=C(NCc1ccc(F)cc1)c1cc(S(=O)(=O)[C@@H]2CCS(=O)(=O)C2)ccc1F. The summed E-state index contributed by atoms with van der Waals surface area (Å²) in [6.07, 6.45) is -0.0336. The number of hydrogen-bond acceptors (Lipinski definition) is 5. The molecule has 1 atom stereocenters. The molecule has 2 aromatic rings. The first-order valence-electron chi connectivity index (χ1n) is 8.35. The molecule has 1 aliphatic rings. The molecule has 1 aliphatic heterocycles. The first kappa shape index (κ1) is 20.4. The monoisotopic (exact) mass is 429 g/mol. The van der Waals surface area contributed by atoms with Gasteiger partial charge in [0.25, 0.3) is 5.91 Å². The van der Waals surface area contributed by atoms with Crippen LogP contribution in [0.1, 0.15) is 22.3 Å². The summed E-state index contributed by atoms with van der Waals surface area (Å²) in [6.45, 7) is -0.00357. The van der Waals surface area contributed by atoms with Crippen LogP contribution in [0.4, 0.5) is 8.78 Å². The van der Waals surface area contributed by atoms with E-state index in [-0.39, 0.29) is 23.6 Å². The Labute approximate surface area is 161 Å². The maximum Gasteiger partial charge on any atom is 0.254 e. The number of nitrogens with one attached hydrogen (secondary N) is 1. The predicted octanol–water partition coefficient (Wildman–Crippen LogP) is 1.86. The van der Waals surface area contributed by atoms with Crippen LogP contribution in [0, 0.1) is 11.6 Å². The molecule has 1 N–H and O–H groups in total. The van der Waals surface area contributed by atoms with Crippen molar-refractivity contribution in [2.45, 2.75) is 23.1 Å². The molecule has 0 aliphatic carbocycles. The van der Waals surface area contributed by atoms with Gasteiger partial charge in [-0.1, -0.05) is 12.1 Å². The lowest BCUT2D eigenvalue weighted by atomic mass is 10.2. The lowest BCUT2D eigenvalue weighted by Gasteiger charge is -2.12. The molecular formula is C18H17F2NO5S2. The minimum Gasteiger partial charge on any atom is -0.348 e. The van der Waals surface area contributed by atoms with E-state index >= 15 is 0 Å². The van der Waals surface area contributed by atoms with Crippen molar-refractivity contribution < 1.29 is 30.4 Å². The second kappa shape index (κ2) is 7.59. The topological polar surface area (TPSA) is 97.4 Å². The van der Waals surface area contributed by atoms with Gasteiger partial charge in [0.2, 0.25) is 0 Å². The molecule has 0 aromatic heterocycles. The van der Waals surface area contributed by atoms with Crippen LogP contribution in [0.15, 0.2) is 47.4 Å². The number of halogens is 2. The van der Waals surface area contributed by atoms with Gasteiger partial charge in [-0.05, 0) is 42.3 Å². The van der Waals surface area contributed by atoms with Gasteiger partial charge in [-0.3, -0.25) is 4.79 Å². The van der Waals surface area contributed by atoms with Gasteiger partial charge < -0.3 is 5.32 Å². The summed E-state index contributed by atoms with van der Waals surface area (Å²) in [5.74, 6) is -2.89. The van der Waals surface area contributed by atoms with Crippen molar-refractivity contribution in [1.29, 1.82) is 0 Å². The first-order valence-corrected chi connectivity index (χ1v) is 11.7. The molecule has 150 valence electrons. The average Bonchev–Trinajstić information content (AvgIpc) is 3.02.